The van der Waals surface area contributed by atoms with E-state index in [-0.39, 0.29) is 27.3 Å². The molecule has 9 heteroatoms. The number of rotatable bonds is 6. The number of hydrogen-bond donors (Lipinski definition) is 0. The average Bonchev–Trinajstić information content (AvgIpc) is 3.04. The molecule has 0 unspecified atom stereocenters. The van der Waals surface area contributed by atoms with Gasteiger partial charge in [-0.25, -0.2) is 0 Å². The van der Waals surface area contributed by atoms with Crippen molar-refractivity contribution in [2.75, 3.05) is 0 Å². The third-order valence-electron chi connectivity index (χ3n) is 5.10. The lowest BCUT2D eigenvalue weighted by Gasteiger charge is -2.13. The highest BCUT2D eigenvalue weighted by Crippen LogP contribution is 2.36. The summed E-state index contributed by atoms with van der Waals surface area (Å²) in [6.07, 6.45) is 1.48. The topological polar surface area (TPSA) is 80.8 Å². The maximum absolute atomic E-state index is 13.0. The number of carbonyl (C=O) groups is 2. The van der Waals surface area contributed by atoms with Crippen LogP contribution >= 0.6 is 27.7 Å². The highest BCUT2D eigenvalue weighted by atomic mass is 79.9. The van der Waals surface area contributed by atoms with Crippen molar-refractivity contribution in [3.05, 3.63) is 98.4 Å². The van der Waals surface area contributed by atoms with Crippen molar-refractivity contribution >= 4 is 55.0 Å². The fourth-order valence-electron chi connectivity index (χ4n) is 3.23. The number of aryl methyl sites for hydroxylation is 2. The largest absolute Gasteiger partial charge is 0.378 e. The van der Waals surface area contributed by atoms with Crippen molar-refractivity contribution in [3.8, 4) is 5.75 Å². The monoisotopic (exact) mass is 557 g/mol. The van der Waals surface area contributed by atoms with Gasteiger partial charge in [0.2, 0.25) is 0 Å². The quantitative estimate of drug-likeness (QED) is 0.270. The van der Waals surface area contributed by atoms with E-state index < -0.39 is 16.0 Å². The molecule has 0 aliphatic carbocycles. The van der Waals surface area contributed by atoms with Crippen LogP contribution in [0.15, 0.2) is 81.0 Å². The summed E-state index contributed by atoms with van der Waals surface area (Å²) in [7, 11) is -4.09. The maximum atomic E-state index is 13.0. The van der Waals surface area contributed by atoms with E-state index in [9.17, 15) is 18.0 Å². The number of thioether (sulfide) groups is 1. The molecule has 3 aromatic rings. The van der Waals surface area contributed by atoms with Crippen LogP contribution < -0.4 is 4.18 Å². The summed E-state index contributed by atoms with van der Waals surface area (Å²) in [5.74, 6) is -0.392. The molecule has 1 aliphatic heterocycles. The molecule has 0 atom stereocenters. The third-order valence-corrected chi connectivity index (χ3v) is 7.75. The van der Waals surface area contributed by atoms with Crippen LogP contribution in [-0.4, -0.2) is 24.5 Å². The first-order chi connectivity index (χ1) is 16.1. The SMILES string of the molecule is Cc1ccc(CN2C(=O)S/C(=C\c3cc(Br)ccc3OS(=O)(=O)c3ccc(C)cc3)C2=O)cc1. The second kappa shape index (κ2) is 9.77. The summed E-state index contributed by atoms with van der Waals surface area (Å²) in [5, 5.41) is -0.387. The first kappa shape index (κ1) is 24.3. The molecular formula is C25H20BrNO5S2. The molecule has 6 nitrogen and oxygen atoms in total. The Morgan fingerprint density at radius 3 is 2.21 bits per heavy atom. The van der Waals surface area contributed by atoms with Gasteiger partial charge >= 0.3 is 10.1 Å². The Labute approximate surface area is 210 Å². The maximum Gasteiger partial charge on any atom is 0.339 e. The first-order valence-corrected chi connectivity index (χ1v) is 13.3. The van der Waals surface area contributed by atoms with Gasteiger partial charge in [-0.1, -0.05) is 63.5 Å². The molecule has 0 saturated carbocycles. The second-order valence-electron chi connectivity index (χ2n) is 7.79. The zero-order valence-corrected chi connectivity index (χ0v) is 21.5. The van der Waals surface area contributed by atoms with Gasteiger partial charge in [-0.2, -0.15) is 8.42 Å². The molecule has 1 saturated heterocycles. The number of imide groups is 1. The van der Waals surface area contributed by atoms with Crippen molar-refractivity contribution < 1.29 is 22.2 Å². The summed E-state index contributed by atoms with van der Waals surface area (Å²) in [6.45, 7) is 3.98. The Kier molecular flexibility index (Phi) is 6.97. The fourth-order valence-corrected chi connectivity index (χ4v) is 5.39. The number of halogens is 1. The minimum Gasteiger partial charge on any atom is -0.378 e. The normalized spacial score (nSPS) is 15.3. The number of hydrogen-bond acceptors (Lipinski definition) is 6. The first-order valence-electron chi connectivity index (χ1n) is 10.2. The molecule has 0 spiro atoms. The number of amides is 2. The predicted octanol–water partition coefficient (Wildman–Crippen LogP) is 6.07. The molecule has 174 valence electrons. The molecule has 1 heterocycles. The minimum absolute atomic E-state index is 0.0189. The standard InChI is InChI=1S/C25H20BrNO5S2/c1-16-3-7-18(8-4-16)15-27-24(28)23(33-25(27)29)14-19-13-20(26)9-12-22(19)32-34(30,31)21-10-5-17(2)6-11-21/h3-14H,15H2,1-2H3/b23-14-. The highest BCUT2D eigenvalue weighted by Gasteiger charge is 2.35. The van der Waals surface area contributed by atoms with E-state index in [1.807, 2.05) is 38.1 Å². The van der Waals surface area contributed by atoms with E-state index in [4.69, 9.17) is 4.18 Å². The van der Waals surface area contributed by atoms with Crippen LogP contribution in [0.2, 0.25) is 0 Å². The summed E-state index contributed by atoms with van der Waals surface area (Å²) >= 11 is 4.17. The van der Waals surface area contributed by atoms with Crippen molar-refractivity contribution in [1.82, 2.24) is 4.90 Å². The lowest BCUT2D eigenvalue weighted by atomic mass is 10.1. The summed E-state index contributed by atoms with van der Waals surface area (Å²) in [5.41, 5.74) is 3.20. The summed E-state index contributed by atoms with van der Waals surface area (Å²) in [4.78, 5) is 26.9. The van der Waals surface area contributed by atoms with Crippen LogP contribution in [0.1, 0.15) is 22.3 Å². The Bertz CT molecular complexity index is 1400. The van der Waals surface area contributed by atoms with Gasteiger partial charge in [0, 0.05) is 10.0 Å². The summed E-state index contributed by atoms with van der Waals surface area (Å²) in [6, 6.07) is 18.7. The summed E-state index contributed by atoms with van der Waals surface area (Å²) < 4.78 is 31.7. The van der Waals surface area contributed by atoms with Crippen molar-refractivity contribution in [2.24, 2.45) is 0 Å². The second-order valence-corrected chi connectivity index (χ2v) is 11.2. The average molecular weight is 558 g/mol. The number of carbonyl (C=O) groups excluding carboxylic acids is 2. The van der Waals surface area contributed by atoms with Gasteiger partial charge in [-0.3, -0.25) is 14.5 Å². The fraction of sp³-hybridized carbons (Fsp3) is 0.120. The molecule has 3 aromatic carbocycles. The molecule has 34 heavy (non-hydrogen) atoms. The van der Waals surface area contributed by atoms with E-state index in [0.29, 0.717) is 10.0 Å². The van der Waals surface area contributed by atoms with E-state index in [1.54, 1.807) is 24.3 Å². The van der Waals surface area contributed by atoms with Crippen LogP contribution in [0.3, 0.4) is 0 Å². The Morgan fingerprint density at radius 1 is 0.941 bits per heavy atom. The van der Waals surface area contributed by atoms with Gasteiger partial charge in [0.25, 0.3) is 11.1 Å². The van der Waals surface area contributed by atoms with E-state index >= 15 is 0 Å². The lowest BCUT2D eigenvalue weighted by Crippen LogP contribution is -2.27. The van der Waals surface area contributed by atoms with Gasteiger partial charge < -0.3 is 4.18 Å². The Morgan fingerprint density at radius 2 is 1.56 bits per heavy atom. The molecule has 2 amide bonds. The van der Waals surface area contributed by atoms with Gasteiger partial charge in [-0.15, -0.1) is 0 Å². The van der Waals surface area contributed by atoms with Crippen LogP contribution in [0.5, 0.6) is 5.75 Å². The smallest absolute Gasteiger partial charge is 0.339 e. The van der Waals surface area contributed by atoms with E-state index in [1.165, 1.54) is 29.2 Å². The molecule has 0 bridgehead atoms. The van der Waals surface area contributed by atoms with Crippen molar-refractivity contribution in [2.45, 2.75) is 25.3 Å². The predicted molar refractivity (Wildman–Crippen MR) is 136 cm³/mol. The molecule has 1 fully saturated rings. The third kappa shape index (κ3) is 5.43. The Hall–Kier alpha value is -2.88. The van der Waals surface area contributed by atoms with Crippen molar-refractivity contribution in [1.29, 1.82) is 0 Å². The lowest BCUT2D eigenvalue weighted by molar-refractivity contribution is -0.123. The molecule has 0 radical (unpaired) electrons. The molecular weight excluding hydrogens is 538 g/mol. The van der Waals surface area contributed by atoms with Gasteiger partial charge in [0.05, 0.1) is 11.4 Å². The molecule has 0 aromatic heterocycles. The highest BCUT2D eigenvalue weighted by molar-refractivity contribution is 9.10. The number of nitrogens with zero attached hydrogens (tertiary/aromatic N) is 1. The zero-order chi connectivity index (χ0) is 24.5. The zero-order valence-electron chi connectivity index (χ0n) is 18.3. The molecule has 4 rings (SSSR count). The number of benzene rings is 3. The van der Waals surface area contributed by atoms with Crippen LogP contribution in [-0.2, 0) is 21.5 Å². The van der Waals surface area contributed by atoms with Crippen LogP contribution in [0.25, 0.3) is 6.08 Å². The molecule has 1 aliphatic rings. The van der Waals surface area contributed by atoms with Crippen LogP contribution in [0.4, 0.5) is 4.79 Å². The Balaban J connectivity index is 1.62. The van der Waals surface area contributed by atoms with Gasteiger partial charge in [-0.05, 0) is 67.6 Å². The van der Waals surface area contributed by atoms with Crippen molar-refractivity contribution in [3.63, 3.8) is 0 Å². The van der Waals surface area contributed by atoms with E-state index in [0.717, 1.165) is 28.5 Å². The molecule has 0 N–H and O–H groups in total. The van der Waals surface area contributed by atoms with E-state index in [2.05, 4.69) is 15.9 Å². The minimum atomic E-state index is -4.09. The van der Waals surface area contributed by atoms with Gasteiger partial charge in [0.1, 0.15) is 10.6 Å². The van der Waals surface area contributed by atoms with Crippen LogP contribution in [0, 0.1) is 13.8 Å². The van der Waals surface area contributed by atoms with Gasteiger partial charge in [0.15, 0.2) is 0 Å².